The van der Waals surface area contributed by atoms with Gasteiger partial charge in [0.2, 0.25) is 0 Å². The molecule has 0 radical (unpaired) electrons. The van der Waals surface area contributed by atoms with Crippen molar-refractivity contribution in [1.29, 1.82) is 0 Å². The van der Waals surface area contributed by atoms with Gasteiger partial charge in [-0.1, -0.05) is 35.9 Å². The lowest BCUT2D eigenvalue weighted by molar-refractivity contribution is 0.319. The monoisotopic (exact) mass is 287 g/mol. The molecule has 0 saturated heterocycles. The van der Waals surface area contributed by atoms with E-state index in [-0.39, 0.29) is 5.46 Å². The highest BCUT2D eigenvalue weighted by Gasteiger charge is 2.17. The maximum absolute atomic E-state index is 13.2. The second-order valence-corrected chi connectivity index (χ2v) is 5.38. The maximum atomic E-state index is 13.2. The Kier molecular flexibility index (Phi) is 5.12. The summed E-state index contributed by atoms with van der Waals surface area (Å²) in [6.07, 6.45) is 0. The van der Waals surface area contributed by atoms with E-state index < -0.39 is 12.9 Å². The van der Waals surface area contributed by atoms with E-state index in [2.05, 4.69) is 12.1 Å². The van der Waals surface area contributed by atoms with Gasteiger partial charge in [0.05, 0.1) is 0 Å². The van der Waals surface area contributed by atoms with E-state index in [0.29, 0.717) is 12.1 Å². The van der Waals surface area contributed by atoms with Gasteiger partial charge in [-0.05, 0) is 42.7 Å². The largest absolute Gasteiger partial charge is 0.488 e. The molecule has 2 aromatic rings. The van der Waals surface area contributed by atoms with Gasteiger partial charge in [0.25, 0.3) is 0 Å². The number of aryl methyl sites for hydroxylation is 1. The van der Waals surface area contributed by atoms with Crippen LogP contribution in [0.25, 0.3) is 0 Å². The molecule has 0 atom stereocenters. The Balaban J connectivity index is 2.11. The highest BCUT2D eigenvalue weighted by molar-refractivity contribution is 6.59. The Morgan fingerprint density at radius 1 is 1.10 bits per heavy atom. The van der Waals surface area contributed by atoms with E-state index in [9.17, 15) is 14.4 Å². The molecule has 0 bridgehead atoms. The van der Waals surface area contributed by atoms with Crippen molar-refractivity contribution in [2.45, 2.75) is 20.0 Å². The zero-order chi connectivity index (χ0) is 15.4. The quantitative estimate of drug-likeness (QED) is 0.818. The molecule has 0 amide bonds. The van der Waals surface area contributed by atoms with Gasteiger partial charge in [-0.25, -0.2) is 4.39 Å². The van der Waals surface area contributed by atoms with Crippen LogP contribution in [0.1, 0.15) is 16.7 Å². The number of nitrogens with zero attached hydrogens (tertiary/aromatic N) is 1. The molecule has 21 heavy (non-hydrogen) atoms. The van der Waals surface area contributed by atoms with Gasteiger partial charge in [-0.2, -0.15) is 0 Å². The van der Waals surface area contributed by atoms with Gasteiger partial charge in [0.15, 0.2) is 0 Å². The number of rotatable bonds is 5. The van der Waals surface area contributed by atoms with Crippen molar-refractivity contribution in [3.8, 4) is 0 Å². The highest BCUT2D eigenvalue weighted by atomic mass is 19.1. The van der Waals surface area contributed by atoms with Crippen LogP contribution in [0.3, 0.4) is 0 Å². The molecular formula is C16H19BFNO2. The smallest absolute Gasteiger partial charge is 0.423 e. The maximum Gasteiger partial charge on any atom is 0.488 e. The van der Waals surface area contributed by atoms with Crippen molar-refractivity contribution >= 4 is 12.6 Å². The fourth-order valence-electron chi connectivity index (χ4n) is 2.42. The van der Waals surface area contributed by atoms with Gasteiger partial charge in [-0.15, -0.1) is 0 Å². The average molecular weight is 287 g/mol. The van der Waals surface area contributed by atoms with Crippen LogP contribution in [0.15, 0.2) is 42.5 Å². The molecule has 0 aliphatic rings. The minimum absolute atomic E-state index is 0.214. The van der Waals surface area contributed by atoms with Gasteiger partial charge in [0.1, 0.15) is 5.82 Å². The molecule has 0 fully saturated rings. The fourth-order valence-corrected chi connectivity index (χ4v) is 2.42. The zero-order valence-electron chi connectivity index (χ0n) is 12.3. The molecule has 0 spiro atoms. The number of benzene rings is 2. The normalized spacial score (nSPS) is 11.0. The second-order valence-electron chi connectivity index (χ2n) is 5.38. The van der Waals surface area contributed by atoms with Gasteiger partial charge < -0.3 is 10.0 Å². The van der Waals surface area contributed by atoms with E-state index in [1.807, 2.05) is 31.0 Å². The Labute approximate surface area is 124 Å². The molecule has 5 heteroatoms. The summed E-state index contributed by atoms with van der Waals surface area (Å²) in [6, 6.07) is 12.3. The molecule has 0 aliphatic heterocycles. The molecule has 110 valence electrons. The molecular weight excluding hydrogens is 268 g/mol. The molecule has 2 rings (SSSR count). The Hall–Kier alpha value is -1.69. The van der Waals surface area contributed by atoms with Gasteiger partial charge in [0, 0.05) is 13.1 Å². The predicted molar refractivity (Wildman–Crippen MR) is 82.6 cm³/mol. The predicted octanol–water partition coefficient (Wildman–Crippen LogP) is 1.45. The molecule has 3 nitrogen and oxygen atoms in total. The third-order valence-electron chi connectivity index (χ3n) is 3.36. The van der Waals surface area contributed by atoms with E-state index in [4.69, 9.17) is 0 Å². The third-order valence-corrected chi connectivity index (χ3v) is 3.36. The summed E-state index contributed by atoms with van der Waals surface area (Å²) in [6.45, 7) is 3.30. The van der Waals surface area contributed by atoms with Crippen LogP contribution in [0.5, 0.6) is 0 Å². The summed E-state index contributed by atoms with van der Waals surface area (Å²) in [5.74, 6) is -0.469. The molecule has 0 unspecified atom stereocenters. The minimum Gasteiger partial charge on any atom is -0.423 e. The lowest BCUT2D eigenvalue weighted by atomic mass is 9.77. The van der Waals surface area contributed by atoms with Crippen LogP contribution in [-0.2, 0) is 13.1 Å². The summed E-state index contributed by atoms with van der Waals surface area (Å²) in [7, 11) is 0.280. The highest BCUT2D eigenvalue weighted by Crippen LogP contribution is 2.10. The van der Waals surface area contributed by atoms with E-state index in [1.54, 1.807) is 6.07 Å². The summed E-state index contributed by atoms with van der Waals surface area (Å²) < 4.78 is 13.2. The molecule has 2 N–H and O–H groups in total. The first-order valence-electron chi connectivity index (χ1n) is 6.84. The third kappa shape index (κ3) is 4.39. The van der Waals surface area contributed by atoms with Crippen LogP contribution in [0.4, 0.5) is 4.39 Å². The topological polar surface area (TPSA) is 43.7 Å². The van der Waals surface area contributed by atoms with Crippen molar-refractivity contribution < 1.29 is 14.4 Å². The molecule has 0 saturated carbocycles. The first-order chi connectivity index (χ1) is 9.95. The van der Waals surface area contributed by atoms with Crippen molar-refractivity contribution in [3.05, 3.63) is 65.0 Å². The summed E-state index contributed by atoms with van der Waals surface area (Å²) in [5.41, 5.74) is 3.31. The summed E-state index contributed by atoms with van der Waals surface area (Å²) >= 11 is 0. The average Bonchev–Trinajstić information content (AvgIpc) is 2.40. The van der Waals surface area contributed by atoms with Crippen molar-refractivity contribution in [3.63, 3.8) is 0 Å². The Morgan fingerprint density at radius 2 is 1.86 bits per heavy atom. The SMILES string of the molecule is Cc1cccc(CN(C)Cc2ccc(F)cc2B(O)O)c1. The van der Waals surface area contributed by atoms with Gasteiger partial charge in [-0.3, -0.25) is 4.90 Å². The van der Waals surface area contributed by atoms with Crippen molar-refractivity contribution in [2.24, 2.45) is 0 Å². The Bertz CT molecular complexity index is 619. The summed E-state index contributed by atoms with van der Waals surface area (Å²) in [5, 5.41) is 18.7. The first kappa shape index (κ1) is 15.7. The second kappa shape index (κ2) is 6.85. The van der Waals surface area contributed by atoms with Crippen LogP contribution >= 0.6 is 0 Å². The molecule has 0 aromatic heterocycles. The van der Waals surface area contributed by atoms with Crippen LogP contribution < -0.4 is 5.46 Å². The first-order valence-corrected chi connectivity index (χ1v) is 6.84. The minimum atomic E-state index is -1.66. The molecule has 0 heterocycles. The standard InChI is InChI=1S/C16H19BFNO2/c1-12-4-3-5-13(8-12)10-19(2)11-14-6-7-15(18)9-16(14)17(20)21/h3-9,20-21H,10-11H2,1-2H3. The lowest BCUT2D eigenvalue weighted by Gasteiger charge is -2.19. The van der Waals surface area contributed by atoms with Gasteiger partial charge >= 0.3 is 7.12 Å². The zero-order valence-corrected chi connectivity index (χ0v) is 12.3. The van der Waals surface area contributed by atoms with Crippen molar-refractivity contribution in [2.75, 3.05) is 7.05 Å². The van der Waals surface area contributed by atoms with Crippen LogP contribution in [-0.4, -0.2) is 29.1 Å². The van der Waals surface area contributed by atoms with E-state index in [1.165, 1.54) is 23.3 Å². The molecule has 0 aliphatic carbocycles. The number of halogens is 1. The van der Waals surface area contributed by atoms with E-state index >= 15 is 0 Å². The summed E-state index contributed by atoms with van der Waals surface area (Å²) in [4.78, 5) is 2.05. The van der Waals surface area contributed by atoms with Crippen molar-refractivity contribution in [1.82, 2.24) is 4.90 Å². The van der Waals surface area contributed by atoms with Crippen LogP contribution in [0, 0.1) is 12.7 Å². The number of hydrogen-bond acceptors (Lipinski definition) is 3. The lowest BCUT2D eigenvalue weighted by Crippen LogP contribution is -2.35. The van der Waals surface area contributed by atoms with E-state index in [0.717, 1.165) is 6.54 Å². The Morgan fingerprint density at radius 3 is 2.52 bits per heavy atom. The molecule has 2 aromatic carbocycles. The number of hydrogen-bond donors (Lipinski definition) is 2. The fraction of sp³-hybridized carbons (Fsp3) is 0.250. The van der Waals surface area contributed by atoms with Crippen LogP contribution in [0.2, 0.25) is 0 Å².